The third-order valence-electron chi connectivity index (χ3n) is 2.67. The molecule has 0 saturated carbocycles. The molecule has 0 atom stereocenters. The summed E-state index contributed by atoms with van der Waals surface area (Å²) >= 11 is 0. The van der Waals surface area contributed by atoms with Gasteiger partial charge in [-0.05, 0) is 38.0 Å². The number of carboxylic acids is 1. The first-order chi connectivity index (χ1) is 9.26. The lowest BCUT2D eigenvalue weighted by Gasteiger charge is -2.14. The van der Waals surface area contributed by atoms with Gasteiger partial charge in [-0.25, -0.2) is 13.2 Å². The zero-order valence-electron chi connectivity index (χ0n) is 11.8. The molecule has 0 aliphatic rings. The molecule has 0 fully saturated rings. The Bertz CT molecular complexity index is 595. The Morgan fingerprint density at radius 3 is 2.55 bits per heavy atom. The molecule has 1 aromatic carbocycles. The minimum atomic E-state index is -3.64. The molecule has 0 unspecified atom stereocenters. The van der Waals surface area contributed by atoms with Gasteiger partial charge in [0.15, 0.2) is 0 Å². The van der Waals surface area contributed by atoms with Crippen molar-refractivity contribution in [3.63, 3.8) is 0 Å². The van der Waals surface area contributed by atoms with E-state index < -0.39 is 16.0 Å². The van der Waals surface area contributed by atoms with Gasteiger partial charge in [-0.3, -0.25) is 4.72 Å². The first kappa shape index (κ1) is 16.5. The number of aryl methyl sites for hydroxylation is 2. The number of hydrogen-bond donors (Lipinski definition) is 2. The van der Waals surface area contributed by atoms with Gasteiger partial charge in [0.2, 0.25) is 10.0 Å². The second-order valence-electron chi connectivity index (χ2n) is 4.43. The van der Waals surface area contributed by atoms with Crippen LogP contribution in [0.4, 0.5) is 5.69 Å². The predicted molar refractivity (Wildman–Crippen MR) is 76.8 cm³/mol. The molecule has 2 N–H and O–H groups in total. The Labute approximate surface area is 118 Å². The van der Waals surface area contributed by atoms with E-state index in [1.165, 1.54) is 6.07 Å². The minimum Gasteiger partial charge on any atom is -0.478 e. The highest BCUT2D eigenvalue weighted by molar-refractivity contribution is 7.92. The summed E-state index contributed by atoms with van der Waals surface area (Å²) in [4.78, 5) is 11.2. The number of nitrogens with one attached hydrogen (secondary N) is 1. The van der Waals surface area contributed by atoms with Gasteiger partial charge in [0.05, 0.1) is 23.6 Å². The van der Waals surface area contributed by atoms with Crippen molar-refractivity contribution in [1.29, 1.82) is 0 Å². The molecule has 0 spiro atoms. The maximum absolute atomic E-state index is 11.9. The van der Waals surface area contributed by atoms with E-state index in [0.29, 0.717) is 12.2 Å². The third kappa shape index (κ3) is 4.50. The van der Waals surface area contributed by atoms with Gasteiger partial charge in [-0.2, -0.15) is 0 Å². The van der Waals surface area contributed by atoms with Crippen LogP contribution in [0.2, 0.25) is 0 Å². The number of aromatic carboxylic acids is 1. The molecule has 1 aromatic rings. The summed E-state index contributed by atoms with van der Waals surface area (Å²) in [6, 6.07) is 3.17. The Balaban J connectivity index is 3.05. The lowest BCUT2D eigenvalue weighted by Crippen LogP contribution is -2.22. The third-order valence-corrected chi connectivity index (χ3v) is 3.89. The number of ether oxygens (including phenoxy) is 1. The van der Waals surface area contributed by atoms with Crippen LogP contribution in [0.1, 0.15) is 28.4 Å². The molecule has 0 heterocycles. The maximum atomic E-state index is 11.9. The van der Waals surface area contributed by atoms with Crippen molar-refractivity contribution in [3.05, 3.63) is 28.8 Å². The largest absolute Gasteiger partial charge is 0.478 e. The highest BCUT2D eigenvalue weighted by Gasteiger charge is 2.18. The summed E-state index contributed by atoms with van der Waals surface area (Å²) in [7, 11) is -3.64. The lowest BCUT2D eigenvalue weighted by molar-refractivity contribution is 0.0698. The topological polar surface area (TPSA) is 92.7 Å². The van der Waals surface area contributed by atoms with Gasteiger partial charge in [0, 0.05) is 6.61 Å². The first-order valence-electron chi connectivity index (χ1n) is 6.19. The summed E-state index contributed by atoms with van der Waals surface area (Å²) in [5.74, 6) is -1.38. The van der Waals surface area contributed by atoms with Crippen molar-refractivity contribution in [3.8, 4) is 0 Å². The van der Waals surface area contributed by atoms with E-state index in [-0.39, 0.29) is 23.6 Å². The van der Waals surface area contributed by atoms with Crippen molar-refractivity contribution >= 4 is 21.7 Å². The highest BCUT2D eigenvalue weighted by Crippen LogP contribution is 2.24. The fourth-order valence-electron chi connectivity index (χ4n) is 1.79. The summed E-state index contributed by atoms with van der Waals surface area (Å²) in [6.45, 7) is 5.69. The van der Waals surface area contributed by atoms with Crippen LogP contribution in [-0.2, 0) is 14.8 Å². The number of sulfonamides is 1. The fourth-order valence-corrected chi connectivity index (χ4v) is 2.81. The number of rotatable bonds is 7. The van der Waals surface area contributed by atoms with E-state index in [9.17, 15) is 13.2 Å². The molecule has 0 bridgehead atoms. The van der Waals surface area contributed by atoms with Gasteiger partial charge in [-0.15, -0.1) is 0 Å². The summed E-state index contributed by atoms with van der Waals surface area (Å²) < 4.78 is 31.1. The highest BCUT2D eigenvalue weighted by atomic mass is 32.2. The van der Waals surface area contributed by atoms with Crippen LogP contribution in [-0.4, -0.2) is 38.5 Å². The van der Waals surface area contributed by atoms with Crippen molar-refractivity contribution < 1.29 is 23.1 Å². The summed E-state index contributed by atoms with van der Waals surface area (Å²) in [5, 5.41) is 9.17. The molecular weight excluding hydrogens is 282 g/mol. The second-order valence-corrected chi connectivity index (χ2v) is 6.27. The number of benzene rings is 1. The van der Waals surface area contributed by atoms with Gasteiger partial charge < -0.3 is 9.84 Å². The standard InChI is InChI=1S/C13H19NO5S/c1-4-19-5-6-20(17,18)14-12-10(3)7-9(2)8-11(12)13(15)16/h7-8,14H,4-6H2,1-3H3,(H,15,16). The van der Waals surface area contributed by atoms with Gasteiger partial charge in [0.1, 0.15) is 0 Å². The van der Waals surface area contributed by atoms with Crippen molar-refractivity contribution in [1.82, 2.24) is 0 Å². The zero-order valence-corrected chi connectivity index (χ0v) is 12.6. The van der Waals surface area contributed by atoms with Crippen LogP contribution < -0.4 is 4.72 Å². The molecule has 112 valence electrons. The Kier molecular flexibility index (Phi) is 5.52. The molecule has 0 saturated heterocycles. The molecule has 0 aromatic heterocycles. The van der Waals surface area contributed by atoms with Gasteiger partial charge in [0.25, 0.3) is 0 Å². The lowest BCUT2D eigenvalue weighted by atomic mass is 10.0. The van der Waals surface area contributed by atoms with Crippen molar-refractivity contribution in [2.75, 3.05) is 23.7 Å². The molecule has 0 amide bonds. The summed E-state index contributed by atoms with van der Waals surface area (Å²) in [5.41, 5.74) is 1.39. The average molecular weight is 301 g/mol. The number of anilines is 1. The van der Waals surface area contributed by atoms with Crippen molar-refractivity contribution in [2.45, 2.75) is 20.8 Å². The van der Waals surface area contributed by atoms with E-state index in [2.05, 4.69) is 4.72 Å². The van der Waals surface area contributed by atoms with Crippen LogP contribution in [0.15, 0.2) is 12.1 Å². The van der Waals surface area contributed by atoms with Crippen LogP contribution in [0.25, 0.3) is 0 Å². The number of carboxylic acid groups (broad SMARTS) is 1. The van der Waals surface area contributed by atoms with E-state index >= 15 is 0 Å². The van der Waals surface area contributed by atoms with E-state index in [4.69, 9.17) is 9.84 Å². The van der Waals surface area contributed by atoms with Crippen LogP contribution in [0, 0.1) is 13.8 Å². The van der Waals surface area contributed by atoms with Crippen molar-refractivity contribution in [2.24, 2.45) is 0 Å². The molecule has 20 heavy (non-hydrogen) atoms. The second kappa shape index (κ2) is 6.71. The SMILES string of the molecule is CCOCCS(=O)(=O)Nc1c(C)cc(C)cc1C(=O)O. The Morgan fingerprint density at radius 1 is 1.35 bits per heavy atom. The monoisotopic (exact) mass is 301 g/mol. The fraction of sp³-hybridized carbons (Fsp3) is 0.462. The normalized spacial score (nSPS) is 11.3. The zero-order chi connectivity index (χ0) is 15.3. The smallest absolute Gasteiger partial charge is 0.337 e. The molecular formula is C13H19NO5S. The molecule has 0 aliphatic heterocycles. The van der Waals surface area contributed by atoms with Crippen LogP contribution in [0.3, 0.4) is 0 Å². The number of carbonyl (C=O) groups is 1. The minimum absolute atomic E-state index is 0.0533. The average Bonchev–Trinajstić information content (AvgIpc) is 2.32. The van der Waals surface area contributed by atoms with Crippen LogP contribution in [0.5, 0.6) is 0 Å². The maximum Gasteiger partial charge on any atom is 0.337 e. The molecule has 1 rings (SSSR count). The van der Waals surface area contributed by atoms with E-state index in [1.54, 1.807) is 26.8 Å². The number of hydrogen-bond acceptors (Lipinski definition) is 4. The molecule has 0 radical (unpaired) electrons. The summed E-state index contributed by atoms with van der Waals surface area (Å²) in [6.07, 6.45) is 0. The quantitative estimate of drug-likeness (QED) is 0.749. The van der Waals surface area contributed by atoms with Crippen LogP contribution >= 0.6 is 0 Å². The molecule has 6 nitrogen and oxygen atoms in total. The van der Waals surface area contributed by atoms with Gasteiger partial charge >= 0.3 is 5.97 Å². The Hall–Kier alpha value is -1.60. The molecule has 0 aliphatic carbocycles. The van der Waals surface area contributed by atoms with E-state index in [0.717, 1.165) is 5.56 Å². The van der Waals surface area contributed by atoms with Gasteiger partial charge in [-0.1, -0.05) is 6.07 Å². The first-order valence-corrected chi connectivity index (χ1v) is 7.85. The predicted octanol–water partition coefficient (Wildman–Crippen LogP) is 1.78. The molecule has 7 heteroatoms. The van der Waals surface area contributed by atoms with E-state index in [1.807, 2.05) is 0 Å². The Morgan fingerprint density at radius 2 is 2.00 bits per heavy atom.